The predicted molar refractivity (Wildman–Crippen MR) is 56.8 cm³/mol. The summed E-state index contributed by atoms with van der Waals surface area (Å²) >= 11 is 1.51. The second kappa shape index (κ2) is 4.40. The summed E-state index contributed by atoms with van der Waals surface area (Å²) in [6.45, 7) is -0.0276. The van der Waals surface area contributed by atoms with Crippen molar-refractivity contribution in [3.05, 3.63) is 12.3 Å². The standard InChI is InChI=1S/C8H13N3O3S/c9-5-1-2-11(8(13)10-5)6-4-15-7(3-12)14-6/h1-2,6-8,12-13H,3-4H2,(H2,9,10). The van der Waals surface area contributed by atoms with Crippen LogP contribution in [0.4, 0.5) is 0 Å². The fourth-order valence-corrected chi connectivity index (χ4v) is 2.36. The Kier molecular flexibility index (Phi) is 3.15. The second-order valence-electron chi connectivity index (χ2n) is 3.20. The molecule has 0 aromatic carbocycles. The molecule has 7 heteroatoms. The highest BCUT2D eigenvalue weighted by atomic mass is 32.2. The molecule has 0 saturated carbocycles. The van der Waals surface area contributed by atoms with Crippen molar-refractivity contribution in [1.82, 2.24) is 4.90 Å². The number of hydrogen-bond donors (Lipinski definition) is 3. The molecule has 0 aromatic heterocycles. The number of nitrogens with two attached hydrogens (primary N) is 1. The molecule has 0 bridgehead atoms. The summed E-state index contributed by atoms with van der Waals surface area (Å²) < 4.78 is 5.47. The van der Waals surface area contributed by atoms with Crippen LogP contribution in [0.2, 0.25) is 0 Å². The Labute approximate surface area is 91.4 Å². The smallest absolute Gasteiger partial charge is 0.229 e. The molecule has 0 aromatic rings. The lowest BCUT2D eigenvalue weighted by Gasteiger charge is -2.30. The van der Waals surface area contributed by atoms with Crippen molar-refractivity contribution >= 4 is 17.6 Å². The van der Waals surface area contributed by atoms with Crippen molar-refractivity contribution in [2.24, 2.45) is 10.7 Å². The molecule has 0 amide bonds. The second-order valence-corrected chi connectivity index (χ2v) is 4.39. The van der Waals surface area contributed by atoms with Crippen molar-refractivity contribution in [1.29, 1.82) is 0 Å². The van der Waals surface area contributed by atoms with Gasteiger partial charge >= 0.3 is 0 Å². The summed E-state index contributed by atoms with van der Waals surface area (Å²) in [6, 6.07) is 0. The summed E-state index contributed by atoms with van der Waals surface area (Å²) in [6.07, 6.45) is 1.98. The molecule has 0 spiro atoms. The highest BCUT2D eigenvalue weighted by molar-refractivity contribution is 8.00. The van der Waals surface area contributed by atoms with Crippen molar-refractivity contribution in [2.75, 3.05) is 12.4 Å². The van der Waals surface area contributed by atoms with Gasteiger partial charge in [-0.3, -0.25) is 0 Å². The first kappa shape index (κ1) is 10.7. The van der Waals surface area contributed by atoms with E-state index in [1.165, 1.54) is 11.8 Å². The van der Waals surface area contributed by atoms with Crippen LogP contribution >= 0.6 is 11.8 Å². The number of amidine groups is 1. The van der Waals surface area contributed by atoms with Gasteiger partial charge < -0.3 is 25.6 Å². The SMILES string of the molecule is NC1=NC(O)N(C2CSC(CO)O2)C=C1. The molecule has 4 N–H and O–H groups in total. The molecular formula is C8H13N3O3S. The number of thioether (sulfide) groups is 1. The van der Waals surface area contributed by atoms with Gasteiger partial charge in [0.1, 0.15) is 17.5 Å². The molecule has 2 rings (SSSR count). The molecule has 6 nitrogen and oxygen atoms in total. The number of aliphatic imine (C=N–C) groups is 1. The van der Waals surface area contributed by atoms with Crippen LogP contribution in [-0.2, 0) is 4.74 Å². The van der Waals surface area contributed by atoms with Crippen molar-refractivity contribution in [2.45, 2.75) is 18.0 Å². The highest BCUT2D eigenvalue weighted by Gasteiger charge is 2.32. The Morgan fingerprint density at radius 2 is 2.53 bits per heavy atom. The lowest BCUT2D eigenvalue weighted by atomic mass is 10.4. The third kappa shape index (κ3) is 2.25. The summed E-state index contributed by atoms with van der Waals surface area (Å²) in [5, 5.41) is 18.5. The van der Waals surface area contributed by atoms with E-state index in [0.29, 0.717) is 11.6 Å². The Morgan fingerprint density at radius 3 is 3.13 bits per heavy atom. The average Bonchev–Trinajstić information content (AvgIpc) is 2.66. The number of nitrogens with zero attached hydrogens (tertiary/aromatic N) is 2. The zero-order valence-electron chi connectivity index (χ0n) is 7.98. The fraction of sp³-hybridized carbons (Fsp3) is 0.625. The fourth-order valence-electron chi connectivity index (χ4n) is 1.42. The Balaban J connectivity index is 1.98. The first-order valence-corrected chi connectivity index (χ1v) is 5.60. The van der Waals surface area contributed by atoms with Gasteiger partial charge in [0.2, 0.25) is 6.35 Å². The van der Waals surface area contributed by atoms with Crippen LogP contribution in [0.3, 0.4) is 0 Å². The maximum atomic E-state index is 9.61. The van der Waals surface area contributed by atoms with Gasteiger partial charge in [0.05, 0.1) is 6.61 Å². The maximum absolute atomic E-state index is 9.61. The summed E-state index contributed by atoms with van der Waals surface area (Å²) in [7, 11) is 0. The molecule has 3 unspecified atom stereocenters. The molecule has 15 heavy (non-hydrogen) atoms. The van der Waals surface area contributed by atoms with Crippen LogP contribution in [0.15, 0.2) is 17.3 Å². The first-order chi connectivity index (χ1) is 7.20. The topological polar surface area (TPSA) is 91.3 Å². The monoisotopic (exact) mass is 231 g/mol. The molecule has 2 aliphatic heterocycles. The van der Waals surface area contributed by atoms with Crippen molar-refractivity contribution in [3.63, 3.8) is 0 Å². The van der Waals surface area contributed by atoms with Gasteiger partial charge in [0.15, 0.2) is 0 Å². The minimum Gasteiger partial charge on any atom is -0.393 e. The van der Waals surface area contributed by atoms with Crippen LogP contribution < -0.4 is 5.73 Å². The number of aliphatic hydroxyl groups excluding tert-OH is 2. The molecule has 1 saturated heterocycles. The largest absolute Gasteiger partial charge is 0.393 e. The molecule has 84 valence electrons. The Morgan fingerprint density at radius 1 is 1.73 bits per heavy atom. The van der Waals surface area contributed by atoms with E-state index < -0.39 is 6.35 Å². The third-order valence-corrected chi connectivity index (χ3v) is 3.27. The van der Waals surface area contributed by atoms with E-state index in [1.807, 2.05) is 0 Å². The molecule has 0 aliphatic carbocycles. The summed E-state index contributed by atoms with van der Waals surface area (Å²) in [4.78, 5) is 5.37. The number of hydrogen-bond acceptors (Lipinski definition) is 7. The zero-order valence-corrected chi connectivity index (χ0v) is 8.80. The van der Waals surface area contributed by atoms with Gasteiger partial charge in [-0.1, -0.05) is 0 Å². The molecular weight excluding hydrogens is 218 g/mol. The first-order valence-electron chi connectivity index (χ1n) is 4.55. The lowest BCUT2D eigenvalue weighted by molar-refractivity contribution is -0.0973. The van der Waals surface area contributed by atoms with Gasteiger partial charge in [-0.2, -0.15) is 0 Å². The molecule has 2 aliphatic rings. The molecule has 3 atom stereocenters. The summed E-state index contributed by atoms with van der Waals surface area (Å²) in [5.74, 6) is 0.977. The van der Waals surface area contributed by atoms with E-state index in [0.717, 1.165) is 0 Å². The molecule has 2 heterocycles. The van der Waals surface area contributed by atoms with E-state index >= 15 is 0 Å². The van der Waals surface area contributed by atoms with Gasteiger partial charge in [-0.15, -0.1) is 11.8 Å². The Bertz CT molecular complexity index is 297. The molecule has 1 fully saturated rings. The van der Waals surface area contributed by atoms with Crippen LogP contribution in [0.5, 0.6) is 0 Å². The van der Waals surface area contributed by atoms with Gasteiger partial charge in [0.25, 0.3) is 0 Å². The maximum Gasteiger partial charge on any atom is 0.229 e. The molecule has 0 radical (unpaired) electrons. The van der Waals surface area contributed by atoms with Crippen LogP contribution in [0.25, 0.3) is 0 Å². The van der Waals surface area contributed by atoms with E-state index in [-0.39, 0.29) is 18.3 Å². The van der Waals surface area contributed by atoms with E-state index in [4.69, 9.17) is 15.6 Å². The minimum absolute atomic E-state index is 0.0276. The van der Waals surface area contributed by atoms with Crippen LogP contribution in [0.1, 0.15) is 0 Å². The lowest BCUT2D eigenvalue weighted by Crippen LogP contribution is -2.43. The summed E-state index contributed by atoms with van der Waals surface area (Å²) in [5.41, 5.74) is 5.21. The third-order valence-electron chi connectivity index (χ3n) is 2.16. The van der Waals surface area contributed by atoms with E-state index in [1.54, 1.807) is 17.2 Å². The number of aliphatic hydroxyl groups is 2. The van der Waals surface area contributed by atoms with Gasteiger partial charge in [0, 0.05) is 12.0 Å². The number of rotatable bonds is 2. The van der Waals surface area contributed by atoms with Crippen molar-refractivity contribution in [3.8, 4) is 0 Å². The normalized spacial score (nSPS) is 35.7. The van der Waals surface area contributed by atoms with Crippen LogP contribution in [0, 0.1) is 0 Å². The zero-order chi connectivity index (χ0) is 10.8. The van der Waals surface area contributed by atoms with Gasteiger partial charge in [-0.25, -0.2) is 4.99 Å². The van der Waals surface area contributed by atoms with Gasteiger partial charge in [-0.05, 0) is 6.08 Å². The van der Waals surface area contributed by atoms with Crippen LogP contribution in [-0.4, -0.2) is 51.3 Å². The quantitative estimate of drug-likeness (QED) is 0.556. The van der Waals surface area contributed by atoms with E-state index in [2.05, 4.69) is 4.99 Å². The van der Waals surface area contributed by atoms with Crippen molar-refractivity contribution < 1.29 is 14.9 Å². The highest BCUT2D eigenvalue weighted by Crippen LogP contribution is 2.28. The van der Waals surface area contributed by atoms with E-state index in [9.17, 15) is 5.11 Å². The number of ether oxygens (including phenoxy) is 1. The Hall–Kier alpha value is -0.760. The predicted octanol–water partition coefficient (Wildman–Crippen LogP) is -1.14. The average molecular weight is 231 g/mol. The minimum atomic E-state index is -1.00.